The van der Waals surface area contributed by atoms with Crippen LogP contribution in [0.2, 0.25) is 0 Å². The van der Waals surface area contributed by atoms with Crippen LogP contribution in [0.5, 0.6) is 0 Å². The van der Waals surface area contributed by atoms with E-state index in [2.05, 4.69) is 92.1 Å². The molecule has 0 spiro atoms. The zero-order chi connectivity index (χ0) is 80.3. The van der Waals surface area contributed by atoms with Crippen LogP contribution in [0.3, 0.4) is 0 Å². The molecule has 0 aromatic carbocycles. The smallest absolute Gasteiger partial charge is 0.220 e. The number of rotatable bonds is 73. The van der Waals surface area contributed by atoms with Crippen molar-refractivity contribution >= 4 is 5.91 Å². The summed E-state index contributed by atoms with van der Waals surface area (Å²) in [6.45, 7) is 1.65. The van der Waals surface area contributed by atoms with Gasteiger partial charge in [-0.3, -0.25) is 4.79 Å². The monoisotopic (exact) mass is 1570 g/mol. The Morgan fingerprint density at radius 3 is 1.01 bits per heavy atom. The van der Waals surface area contributed by atoms with Crippen molar-refractivity contribution in [2.24, 2.45) is 0 Å². The molecule has 3 aliphatic heterocycles. The lowest BCUT2D eigenvalue weighted by atomic mass is 9.96. The van der Waals surface area contributed by atoms with Crippen LogP contribution >= 0.6 is 0 Å². The van der Waals surface area contributed by atoms with E-state index in [1.54, 1.807) is 6.08 Å². The van der Waals surface area contributed by atoms with Crippen LogP contribution in [0.4, 0.5) is 0 Å². The number of carbonyl (C=O) groups is 1. The molecule has 1 amide bonds. The molecule has 0 saturated carbocycles. The number of allylic oxidation sites excluding steroid dienone is 13. The zero-order valence-corrected chi connectivity index (χ0v) is 69.7. The minimum atomic E-state index is -1.98. The van der Waals surface area contributed by atoms with E-state index in [9.17, 15) is 61.0 Å². The van der Waals surface area contributed by atoms with Crippen molar-refractivity contribution in [1.82, 2.24) is 5.32 Å². The Balaban J connectivity index is 1.34. The predicted octanol–water partition coefficient (Wildman–Crippen LogP) is 17.3. The van der Waals surface area contributed by atoms with Gasteiger partial charge >= 0.3 is 0 Å². The van der Waals surface area contributed by atoms with Crippen LogP contribution in [0.1, 0.15) is 361 Å². The van der Waals surface area contributed by atoms with Crippen molar-refractivity contribution in [3.8, 4) is 0 Å². The van der Waals surface area contributed by atoms with Gasteiger partial charge in [-0.15, -0.1) is 0 Å². The van der Waals surface area contributed by atoms with E-state index in [0.29, 0.717) is 12.8 Å². The number of amides is 1. The highest BCUT2D eigenvalue weighted by atomic mass is 16.8. The molecule has 111 heavy (non-hydrogen) atoms. The first-order chi connectivity index (χ1) is 54.3. The molecule has 0 bridgehead atoms. The standard InChI is InChI=1S/C92H165NO18/c1-3-5-7-9-11-13-15-17-19-21-23-25-27-29-31-33-35-37-39-41-43-45-47-49-51-53-55-57-59-61-63-65-67-69-76(97)75(74-106-90-86(104)83(101)88(78(72-95)108-90)111-92-87(105)84(102)89(79(73-96)109-92)110-91-85(103)82(100)81(99)77(71-94)107-91)93-80(98)70-68-66-64-62-60-58-56-54-52-50-48-46-44-42-40-38-36-34-32-30-28-26-24-22-20-18-16-14-12-10-8-6-4-2/h6,8,12,14,18,20,24,26,30,32,59,61,67,69,75-79,81-92,94-97,99-105H,3-5,7,9-11,13,15-17,19,21-23,25,27-29,31,33-58,60,62-66,68,70-74H2,1-2H3,(H,93,98)/b8-6-,14-12-,20-18-,26-24-,32-30-,61-59+,69-67+. The first-order valence-corrected chi connectivity index (χ1v) is 45.3. The molecule has 3 aliphatic rings. The average molecular weight is 1570 g/mol. The summed E-state index contributed by atoms with van der Waals surface area (Å²) in [4.78, 5) is 13.5. The predicted molar refractivity (Wildman–Crippen MR) is 448 cm³/mol. The van der Waals surface area contributed by atoms with Crippen LogP contribution in [0, 0.1) is 0 Å². The number of aliphatic hydroxyl groups excluding tert-OH is 11. The third-order valence-corrected chi connectivity index (χ3v) is 22.2. The van der Waals surface area contributed by atoms with Crippen molar-refractivity contribution in [2.45, 2.75) is 465 Å². The molecule has 646 valence electrons. The summed E-state index contributed by atoms with van der Waals surface area (Å²) in [5.74, 6) is -0.282. The van der Waals surface area contributed by atoms with Gasteiger partial charge in [-0.1, -0.05) is 362 Å². The fourth-order valence-corrected chi connectivity index (χ4v) is 15.0. The van der Waals surface area contributed by atoms with Crippen LogP contribution in [0.25, 0.3) is 0 Å². The van der Waals surface area contributed by atoms with Crippen LogP contribution < -0.4 is 5.32 Å². The van der Waals surface area contributed by atoms with E-state index in [1.807, 2.05) is 6.08 Å². The molecule has 0 aromatic rings. The minimum absolute atomic E-state index is 0.234. The average Bonchev–Trinajstić information content (AvgIpc) is 0.780. The van der Waals surface area contributed by atoms with Gasteiger partial charge in [0, 0.05) is 6.42 Å². The fraction of sp³-hybridized carbons (Fsp3) is 0.837. The largest absolute Gasteiger partial charge is 0.394 e. The molecule has 19 nitrogen and oxygen atoms in total. The molecule has 3 saturated heterocycles. The lowest BCUT2D eigenvalue weighted by molar-refractivity contribution is -0.379. The SMILES string of the molecule is CC/C=C\C/C=C\C/C=C\C/C=C\C/C=C\CCCCCCCCCCCCCCCCCCCC(=O)NC(COC1OC(CO)C(OC2OC(CO)C(OC3OC(CO)C(O)C(O)C3O)C(O)C2O)C(O)C1O)C(O)/C=C/CC/C=C/CCCCCCCCCCCCCCCCCCCCCCCCCCCCC. The van der Waals surface area contributed by atoms with Crippen molar-refractivity contribution in [1.29, 1.82) is 0 Å². The van der Waals surface area contributed by atoms with Gasteiger partial charge in [0.1, 0.15) is 73.2 Å². The Bertz CT molecular complexity index is 2330. The van der Waals surface area contributed by atoms with Crippen molar-refractivity contribution in [3.63, 3.8) is 0 Å². The minimum Gasteiger partial charge on any atom is -0.394 e. The van der Waals surface area contributed by atoms with Gasteiger partial charge in [-0.2, -0.15) is 0 Å². The van der Waals surface area contributed by atoms with Gasteiger partial charge in [-0.25, -0.2) is 0 Å². The van der Waals surface area contributed by atoms with Gasteiger partial charge in [0.2, 0.25) is 5.91 Å². The van der Waals surface area contributed by atoms with E-state index in [4.69, 9.17) is 28.4 Å². The second-order valence-electron chi connectivity index (χ2n) is 32.0. The summed E-state index contributed by atoms with van der Waals surface area (Å²) in [5.41, 5.74) is 0. The highest BCUT2D eigenvalue weighted by Gasteiger charge is 2.54. The Kier molecular flexibility index (Phi) is 65.4. The molecular formula is C92H165NO18. The lowest BCUT2D eigenvalue weighted by Crippen LogP contribution is -2.66. The van der Waals surface area contributed by atoms with Gasteiger partial charge in [0.05, 0.1) is 38.6 Å². The number of aliphatic hydroxyl groups is 11. The Morgan fingerprint density at radius 2 is 0.631 bits per heavy atom. The van der Waals surface area contributed by atoms with Gasteiger partial charge in [-0.05, 0) is 77.0 Å². The quantitative estimate of drug-likeness (QED) is 0.0199. The van der Waals surface area contributed by atoms with Crippen LogP contribution in [-0.2, 0) is 33.2 Å². The Morgan fingerprint density at radius 1 is 0.333 bits per heavy atom. The second kappa shape index (κ2) is 71.1. The maximum Gasteiger partial charge on any atom is 0.220 e. The Hall–Kier alpha value is -3.03. The first kappa shape index (κ1) is 102. The maximum absolute atomic E-state index is 13.5. The van der Waals surface area contributed by atoms with E-state index in [-0.39, 0.29) is 18.9 Å². The summed E-state index contributed by atoms with van der Waals surface area (Å²) in [6.07, 6.45) is 70.2. The number of hydrogen-bond donors (Lipinski definition) is 12. The normalized spacial score (nSPS) is 25.4. The van der Waals surface area contributed by atoms with Gasteiger partial charge in [0.15, 0.2) is 18.9 Å². The molecule has 17 unspecified atom stereocenters. The van der Waals surface area contributed by atoms with Crippen molar-refractivity contribution in [2.75, 3.05) is 26.4 Å². The number of unbranched alkanes of at least 4 members (excludes halogenated alkanes) is 45. The Labute approximate surface area is 673 Å². The van der Waals surface area contributed by atoms with E-state index < -0.39 is 124 Å². The molecule has 3 fully saturated rings. The molecule has 0 aromatic heterocycles. The summed E-state index contributed by atoms with van der Waals surface area (Å²) in [7, 11) is 0. The second-order valence-corrected chi connectivity index (χ2v) is 32.0. The zero-order valence-electron chi connectivity index (χ0n) is 69.7. The molecule has 0 radical (unpaired) electrons. The van der Waals surface area contributed by atoms with Crippen molar-refractivity contribution in [3.05, 3.63) is 85.1 Å². The molecular weight excluding hydrogens is 1410 g/mol. The molecule has 19 heteroatoms. The number of nitrogens with one attached hydrogen (secondary N) is 1. The maximum atomic E-state index is 13.5. The summed E-state index contributed by atoms with van der Waals surface area (Å²) >= 11 is 0. The van der Waals surface area contributed by atoms with E-state index in [1.165, 1.54) is 257 Å². The third kappa shape index (κ3) is 49.7. The highest BCUT2D eigenvalue weighted by Crippen LogP contribution is 2.34. The summed E-state index contributed by atoms with van der Waals surface area (Å²) < 4.78 is 34.5. The first-order valence-electron chi connectivity index (χ1n) is 45.3. The third-order valence-electron chi connectivity index (χ3n) is 22.2. The summed E-state index contributed by atoms with van der Waals surface area (Å²) in [5, 5.41) is 121. The van der Waals surface area contributed by atoms with Crippen LogP contribution in [0.15, 0.2) is 85.1 Å². The molecule has 3 heterocycles. The van der Waals surface area contributed by atoms with Crippen LogP contribution in [-0.4, -0.2) is 193 Å². The number of ether oxygens (including phenoxy) is 6. The van der Waals surface area contributed by atoms with E-state index >= 15 is 0 Å². The van der Waals surface area contributed by atoms with E-state index in [0.717, 1.165) is 70.6 Å². The topological polar surface area (TPSA) is 307 Å². The fourth-order valence-electron chi connectivity index (χ4n) is 15.0. The molecule has 17 atom stereocenters. The molecule has 0 aliphatic carbocycles. The number of carbonyl (C=O) groups excluding carboxylic acids is 1. The van der Waals surface area contributed by atoms with Gasteiger partial charge in [0.25, 0.3) is 0 Å². The highest BCUT2D eigenvalue weighted by molar-refractivity contribution is 5.76. The van der Waals surface area contributed by atoms with Crippen molar-refractivity contribution < 1.29 is 89.4 Å². The molecule has 12 N–H and O–H groups in total. The van der Waals surface area contributed by atoms with Gasteiger partial charge < -0.3 is 89.9 Å². The molecule has 3 rings (SSSR count). The number of hydrogen-bond acceptors (Lipinski definition) is 18. The lowest BCUT2D eigenvalue weighted by Gasteiger charge is -2.48. The summed E-state index contributed by atoms with van der Waals surface area (Å²) in [6, 6.07) is -0.996.